The third-order valence-corrected chi connectivity index (χ3v) is 7.29. The van der Waals surface area contributed by atoms with Gasteiger partial charge < -0.3 is 24.8 Å². The number of rotatable bonds is 10. The van der Waals surface area contributed by atoms with Crippen molar-refractivity contribution in [2.75, 3.05) is 53.2 Å². The van der Waals surface area contributed by atoms with Crippen molar-refractivity contribution in [2.45, 2.75) is 0 Å². The molecule has 0 saturated carbocycles. The number of carbonyl (C=O) groups is 1. The molecule has 3 aromatic carbocycles. The first-order chi connectivity index (χ1) is 21.2. The molecule has 3 aromatic heterocycles. The molecular weight excluding hydrogens is 557 g/mol. The molecule has 0 radical (unpaired) electrons. The number of benzene rings is 3. The number of hydrogen-bond donors (Lipinski definition) is 3. The first kappa shape index (κ1) is 29.0. The van der Waals surface area contributed by atoms with Gasteiger partial charge in [-0.2, -0.15) is 5.10 Å². The second kappa shape index (κ2) is 12.3. The van der Waals surface area contributed by atoms with Crippen LogP contribution >= 0.6 is 0 Å². The molecule has 44 heavy (non-hydrogen) atoms. The van der Waals surface area contributed by atoms with Gasteiger partial charge >= 0.3 is 0 Å². The van der Waals surface area contributed by atoms with Crippen molar-refractivity contribution in [1.29, 1.82) is 0 Å². The molecule has 0 aliphatic carbocycles. The minimum atomic E-state index is -0.350. The molecule has 1 amide bonds. The molecule has 0 fully saturated rings. The normalized spacial score (nSPS) is 11.6. The van der Waals surface area contributed by atoms with E-state index in [1.54, 1.807) is 12.4 Å². The summed E-state index contributed by atoms with van der Waals surface area (Å²) in [6.07, 6.45) is 3.41. The lowest BCUT2D eigenvalue weighted by Crippen LogP contribution is -2.27. The second-order valence-corrected chi connectivity index (χ2v) is 11.4. The number of nitrogens with zero attached hydrogens (tertiary/aromatic N) is 4. The first-order valence-corrected chi connectivity index (χ1v) is 14.3. The smallest absolute Gasteiger partial charge is 0.238 e. The molecule has 0 saturated heterocycles. The number of H-pyrrole nitrogens is 2. The number of hydrogen-bond acceptors (Lipinski definition) is 6. The Kier molecular flexibility index (Phi) is 8.10. The van der Waals surface area contributed by atoms with E-state index < -0.39 is 0 Å². The summed E-state index contributed by atoms with van der Waals surface area (Å²) in [7, 11) is 7.64. The Hall–Kier alpha value is -5.06. The van der Waals surface area contributed by atoms with Gasteiger partial charge in [0.2, 0.25) is 5.91 Å². The number of likely N-dealkylation sites (N-methyl/N-ethyl adjacent to an activating group) is 2. The van der Waals surface area contributed by atoms with E-state index in [1.807, 2.05) is 86.5 Å². The Balaban J connectivity index is 1.33. The minimum absolute atomic E-state index is 0.106. The number of carbonyl (C=O) groups excluding carboxylic acids is 1. The van der Waals surface area contributed by atoms with E-state index >= 15 is 0 Å². The van der Waals surface area contributed by atoms with Gasteiger partial charge in [0, 0.05) is 40.7 Å². The van der Waals surface area contributed by atoms with Crippen molar-refractivity contribution in [3.05, 3.63) is 84.9 Å². The maximum Gasteiger partial charge on any atom is 0.238 e. The molecule has 0 spiro atoms. The minimum Gasteiger partial charge on any atom is -0.492 e. The maximum atomic E-state index is 14.7. The Bertz CT molecular complexity index is 1960. The monoisotopic (exact) mass is 591 g/mol. The predicted molar refractivity (Wildman–Crippen MR) is 173 cm³/mol. The fraction of sp³-hybridized carbons (Fsp3) is 0.206. The van der Waals surface area contributed by atoms with Crippen molar-refractivity contribution in [2.24, 2.45) is 0 Å². The summed E-state index contributed by atoms with van der Waals surface area (Å²) in [5.74, 6) is 0.0408. The zero-order valence-electron chi connectivity index (χ0n) is 25.1. The van der Waals surface area contributed by atoms with Crippen LogP contribution in [0.5, 0.6) is 5.75 Å². The predicted octanol–water partition coefficient (Wildman–Crippen LogP) is 6.02. The van der Waals surface area contributed by atoms with Gasteiger partial charge in [0.25, 0.3) is 0 Å². The van der Waals surface area contributed by atoms with Gasteiger partial charge in [-0.25, -0.2) is 4.39 Å². The van der Waals surface area contributed by atoms with Crippen LogP contribution in [-0.4, -0.2) is 83.8 Å². The SMILES string of the molecule is CN(C)CCOc1cc(F)cc(-c2cccc3[nH]c(-c4n[nH]c5ccc(-c6cncc(NC(=O)CN(C)C)c6)cc45)cc23)c1. The molecule has 9 nitrogen and oxygen atoms in total. The molecule has 224 valence electrons. The van der Waals surface area contributed by atoms with E-state index in [-0.39, 0.29) is 18.3 Å². The number of halogens is 1. The van der Waals surface area contributed by atoms with Crippen molar-refractivity contribution >= 4 is 33.4 Å². The number of aromatic nitrogens is 4. The number of amides is 1. The number of ether oxygens (including phenoxy) is 1. The maximum absolute atomic E-state index is 14.7. The van der Waals surface area contributed by atoms with E-state index in [9.17, 15) is 9.18 Å². The molecule has 0 atom stereocenters. The van der Waals surface area contributed by atoms with Crippen LogP contribution in [0.2, 0.25) is 0 Å². The molecule has 0 bridgehead atoms. The highest BCUT2D eigenvalue weighted by molar-refractivity contribution is 6.02. The van der Waals surface area contributed by atoms with Crippen LogP contribution in [0.3, 0.4) is 0 Å². The highest BCUT2D eigenvalue weighted by Crippen LogP contribution is 2.36. The topological polar surface area (TPSA) is 102 Å². The highest BCUT2D eigenvalue weighted by Gasteiger charge is 2.16. The molecule has 3 heterocycles. The molecule has 6 rings (SSSR count). The largest absolute Gasteiger partial charge is 0.492 e. The lowest BCUT2D eigenvalue weighted by molar-refractivity contribution is -0.116. The number of pyridine rings is 1. The number of fused-ring (bicyclic) bond motifs is 2. The summed E-state index contributed by atoms with van der Waals surface area (Å²) in [6.45, 7) is 1.48. The third kappa shape index (κ3) is 6.31. The number of aromatic amines is 2. The fourth-order valence-corrected chi connectivity index (χ4v) is 5.23. The molecule has 0 unspecified atom stereocenters. The Labute approximate surface area is 254 Å². The summed E-state index contributed by atoms with van der Waals surface area (Å²) >= 11 is 0. The van der Waals surface area contributed by atoms with Crippen molar-refractivity contribution in [1.82, 2.24) is 30.0 Å². The molecule has 3 N–H and O–H groups in total. The summed E-state index contributed by atoms with van der Waals surface area (Å²) in [6, 6.07) is 20.8. The van der Waals surface area contributed by atoms with Gasteiger partial charge in [0.1, 0.15) is 23.9 Å². The van der Waals surface area contributed by atoms with Crippen LogP contribution in [0.1, 0.15) is 0 Å². The van der Waals surface area contributed by atoms with Crippen LogP contribution in [0.25, 0.3) is 55.4 Å². The van der Waals surface area contributed by atoms with Gasteiger partial charge in [-0.15, -0.1) is 0 Å². The van der Waals surface area contributed by atoms with E-state index in [0.29, 0.717) is 18.0 Å². The van der Waals surface area contributed by atoms with Gasteiger partial charge in [-0.1, -0.05) is 18.2 Å². The Morgan fingerprint density at radius 1 is 0.886 bits per heavy atom. The van der Waals surface area contributed by atoms with Crippen molar-refractivity contribution in [3.8, 4) is 39.4 Å². The summed E-state index contributed by atoms with van der Waals surface area (Å²) in [4.78, 5) is 24.0. The molecule has 6 aromatic rings. The van der Waals surface area contributed by atoms with Gasteiger partial charge in [-0.3, -0.25) is 14.9 Å². The van der Waals surface area contributed by atoms with Crippen LogP contribution < -0.4 is 10.1 Å². The Morgan fingerprint density at radius 3 is 2.57 bits per heavy atom. The third-order valence-electron chi connectivity index (χ3n) is 7.29. The average molecular weight is 592 g/mol. The lowest BCUT2D eigenvalue weighted by atomic mass is 10.0. The first-order valence-electron chi connectivity index (χ1n) is 14.3. The number of anilines is 1. The highest BCUT2D eigenvalue weighted by atomic mass is 19.1. The van der Waals surface area contributed by atoms with E-state index in [4.69, 9.17) is 4.74 Å². The zero-order chi connectivity index (χ0) is 30.8. The van der Waals surface area contributed by atoms with Gasteiger partial charge in [0.05, 0.1) is 29.6 Å². The van der Waals surface area contributed by atoms with Gasteiger partial charge in [0.15, 0.2) is 0 Å². The summed E-state index contributed by atoms with van der Waals surface area (Å²) < 4.78 is 20.5. The van der Waals surface area contributed by atoms with Crippen LogP contribution in [-0.2, 0) is 4.79 Å². The zero-order valence-corrected chi connectivity index (χ0v) is 25.1. The quantitative estimate of drug-likeness (QED) is 0.180. The van der Waals surface area contributed by atoms with Crippen LogP contribution in [0.15, 0.2) is 79.1 Å². The molecular formula is C34H34FN7O2. The van der Waals surface area contributed by atoms with Crippen LogP contribution in [0, 0.1) is 5.82 Å². The number of nitrogens with one attached hydrogen (secondary N) is 3. The second-order valence-electron chi connectivity index (χ2n) is 11.4. The molecule has 0 aliphatic heterocycles. The Morgan fingerprint density at radius 2 is 1.75 bits per heavy atom. The van der Waals surface area contributed by atoms with Gasteiger partial charge in [-0.05, 0) is 87.3 Å². The van der Waals surface area contributed by atoms with E-state index in [2.05, 4.69) is 31.5 Å². The summed E-state index contributed by atoms with van der Waals surface area (Å²) in [5, 5.41) is 12.6. The molecule has 10 heteroatoms. The van der Waals surface area contributed by atoms with E-state index in [1.165, 1.54) is 12.1 Å². The van der Waals surface area contributed by atoms with Crippen molar-refractivity contribution in [3.63, 3.8) is 0 Å². The lowest BCUT2D eigenvalue weighted by Gasteiger charge is -2.12. The van der Waals surface area contributed by atoms with E-state index in [0.717, 1.165) is 62.0 Å². The van der Waals surface area contributed by atoms with Crippen molar-refractivity contribution < 1.29 is 13.9 Å². The summed E-state index contributed by atoms with van der Waals surface area (Å²) in [5.41, 5.74) is 7.46. The fourth-order valence-electron chi connectivity index (χ4n) is 5.23. The molecule has 0 aliphatic rings. The standard InChI is InChI=1S/C34H34FN7O2/c1-41(2)10-11-44-26-14-22(12-24(35)16-26)27-6-5-7-30-28(27)17-32(38-30)34-29-15-21(8-9-31(29)39-40-34)23-13-25(19-36-18-23)37-33(43)20-42(3)4/h5-9,12-19,38H,10-11,20H2,1-4H3,(H,37,43)(H,39,40). The average Bonchev–Trinajstić information content (AvgIpc) is 3.60. The van der Waals surface area contributed by atoms with Crippen LogP contribution in [0.4, 0.5) is 10.1 Å².